The van der Waals surface area contributed by atoms with Crippen molar-refractivity contribution in [2.24, 2.45) is 0 Å². The van der Waals surface area contributed by atoms with E-state index in [2.05, 4.69) is 4.98 Å². The van der Waals surface area contributed by atoms with Gasteiger partial charge in [0.25, 0.3) is 0 Å². The van der Waals surface area contributed by atoms with Gasteiger partial charge < -0.3 is 0 Å². The third-order valence-electron chi connectivity index (χ3n) is 1.90. The van der Waals surface area contributed by atoms with Crippen LogP contribution < -0.4 is 0 Å². The summed E-state index contributed by atoms with van der Waals surface area (Å²) in [5, 5.41) is 1.68. The topological polar surface area (TPSA) is 17.8 Å². The van der Waals surface area contributed by atoms with Crippen molar-refractivity contribution in [3.63, 3.8) is 0 Å². The van der Waals surface area contributed by atoms with E-state index in [0.717, 1.165) is 15.9 Å². The maximum atomic E-state index is 6.09. The van der Waals surface area contributed by atoms with Gasteiger partial charge in [-0.15, -0.1) is 0 Å². The van der Waals surface area contributed by atoms with Crippen molar-refractivity contribution in [3.05, 3.63) is 41.7 Å². The van der Waals surface area contributed by atoms with Crippen LogP contribution >= 0.6 is 23.4 Å². The van der Waals surface area contributed by atoms with Gasteiger partial charge in [-0.25, -0.2) is 4.98 Å². The zero-order valence-electron chi connectivity index (χ0n) is 7.64. The average molecular weight is 225 g/mol. The van der Waals surface area contributed by atoms with Crippen LogP contribution in [0, 0.1) is 0 Å². The summed E-state index contributed by atoms with van der Waals surface area (Å²) in [6.45, 7) is 0. The first-order valence-electron chi connectivity index (χ1n) is 4.15. The number of aromatic nitrogens is 2. The lowest BCUT2D eigenvalue weighted by molar-refractivity contribution is 0.898. The predicted octanol–water partition coefficient (Wildman–Crippen LogP) is 3.25. The van der Waals surface area contributed by atoms with E-state index in [-0.39, 0.29) is 0 Å². The maximum Gasteiger partial charge on any atom is 0.172 e. The Morgan fingerprint density at radius 2 is 2.14 bits per heavy atom. The summed E-state index contributed by atoms with van der Waals surface area (Å²) in [7, 11) is 0. The largest absolute Gasteiger partial charge is 0.293 e. The fourth-order valence-electron chi connectivity index (χ4n) is 1.27. The molecular weight excluding hydrogens is 216 g/mol. The van der Waals surface area contributed by atoms with Crippen LogP contribution in [0.15, 0.2) is 41.8 Å². The highest BCUT2D eigenvalue weighted by atomic mass is 35.5. The first kappa shape index (κ1) is 9.62. The molecule has 2 rings (SSSR count). The Kier molecular flexibility index (Phi) is 2.79. The highest BCUT2D eigenvalue weighted by Gasteiger charge is 2.05. The second-order valence-corrected chi connectivity index (χ2v) is 3.92. The lowest BCUT2D eigenvalue weighted by atomic mass is 10.3. The molecule has 0 N–H and O–H groups in total. The van der Waals surface area contributed by atoms with Gasteiger partial charge in [0, 0.05) is 12.4 Å². The number of hydrogen-bond acceptors (Lipinski definition) is 2. The van der Waals surface area contributed by atoms with E-state index in [1.54, 1.807) is 18.0 Å². The van der Waals surface area contributed by atoms with Crippen molar-refractivity contribution in [2.45, 2.75) is 5.16 Å². The molecule has 0 radical (unpaired) electrons. The number of hydrogen-bond donors (Lipinski definition) is 0. The molecule has 14 heavy (non-hydrogen) atoms. The Hall–Kier alpha value is -0.930. The van der Waals surface area contributed by atoms with E-state index in [9.17, 15) is 0 Å². The van der Waals surface area contributed by atoms with Crippen LogP contribution in [0.1, 0.15) is 0 Å². The Morgan fingerprint density at radius 3 is 2.86 bits per heavy atom. The fraction of sp³-hybridized carbons (Fsp3) is 0.100. The maximum absolute atomic E-state index is 6.09. The van der Waals surface area contributed by atoms with Crippen molar-refractivity contribution in [1.29, 1.82) is 0 Å². The fourth-order valence-corrected chi connectivity index (χ4v) is 2.02. The van der Waals surface area contributed by atoms with E-state index in [1.165, 1.54) is 0 Å². The van der Waals surface area contributed by atoms with E-state index >= 15 is 0 Å². The smallest absolute Gasteiger partial charge is 0.172 e. The van der Waals surface area contributed by atoms with Gasteiger partial charge in [-0.2, -0.15) is 0 Å². The lowest BCUT2D eigenvalue weighted by Crippen LogP contribution is -1.94. The molecule has 0 saturated heterocycles. The molecule has 0 aliphatic heterocycles. The van der Waals surface area contributed by atoms with Gasteiger partial charge >= 0.3 is 0 Å². The van der Waals surface area contributed by atoms with Gasteiger partial charge in [0.2, 0.25) is 0 Å². The summed E-state index contributed by atoms with van der Waals surface area (Å²) in [6.07, 6.45) is 5.68. The Balaban J connectivity index is 2.54. The SMILES string of the molecule is CSc1nccn1-c1ccccc1Cl. The van der Waals surface area contributed by atoms with Crippen molar-refractivity contribution >= 4 is 23.4 Å². The predicted molar refractivity (Wildman–Crippen MR) is 60.4 cm³/mol. The lowest BCUT2D eigenvalue weighted by Gasteiger charge is -2.07. The normalized spacial score (nSPS) is 10.4. The minimum absolute atomic E-state index is 0.737. The van der Waals surface area contributed by atoms with Crippen molar-refractivity contribution in [1.82, 2.24) is 9.55 Å². The molecule has 0 atom stereocenters. The van der Waals surface area contributed by atoms with Gasteiger partial charge in [0.15, 0.2) is 5.16 Å². The molecule has 0 bridgehead atoms. The second-order valence-electron chi connectivity index (χ2n) is 2.74. The van der Waals surface area contributed by atoms with Crippen LogP contribution in [0.3, 0.4) is 0 Å². The molecule has 72 valence electrons. The summed E-state index contributed by atoms with van der Waals surface area (Å²) < 4.78 is 1.98. The molecule has 0 amide bonds. The number of thioether (sulfide) groups is 1. The molecule has 0 aliphatic rings. The standard InChI is InChI=1S/C10H9ClN2S/c1-14-10-12-6-7-13(10)9-5-3-2-4-8(9)11/h2-7H,1H3. The molecule has 2 aromatic rings. The van der Waals surface area contributed by atoms with Crippen LogP contribution in [-0.4, -0.2) is 15.8 Å². The molecule has 1 heterocycles. The molecule has 2 nitrogen and oxygen atoms in total. The van der Waals surface area contributed by atoms with Gasteiger partial charge in [-0.1, -0.05) is 35.5 Å². The summed E-state index contributed by atoms with van der Waals surface area (Å²) in [6, 6.07) is 7.73. The van der Waals surface area contributed by atoms with Crippen molar-refractivity contribution in [3.8, 4) is 5.69 Å². The van der Waals surface area contributed by atoms with Crippen LogP contribution in [0.5, 0.6) is 0 Å². The average Bonchev–Trinajstić information content (AvgIpc) is 2.66. The monoisotopic (exact) mass is 224 g/mol. The number of halogens is 1. The van der Waals surface area contributed by atoms with Crippen LogP contribution in [0.2, 0.25) is 5.02 Å². The first-order valence-corrected chi connectivity index (χ1v) is 5.75. The van der Waals surface area contributed by atoms with Crippen LogP contribution in [0.25, 0.3) is 5.69 Å². The Morgan fingerprint density at radius 1 is 1.36 bits per heavy atom. The number of para-hydroxylation sites is 1. The third-order valence-corrected chi connectivity index (χ3v) is 2.89. The molecule has 0 unspecified atom stereocenters. The van der Waals surface area contributed by atoms with Gasteiger partial charge in [-0.05, 0) is 18.4 Å². The van der Waals surface area contributed by atoms with Crippen molar-refractivity contribution in [2.75, 3.05) is 6.26 Å². The molecule has 1 aromatic heterocycles. The summed E-state index contributed by atoms with van der Waals surface area (Å²) in [5.74, 6) is 0. The molecule has 0 saturated carbocycles. The van der Waals surface area contributed by atoms with E-state index in [0.29, 0.717) is 0 Å². The highest BCUT2D eigenvalue weighted by Crippen LogP contribution is 2.24. The third kappa shape index (κ3) is 1.65. The van der Waals surface area contributed by atoms with E-state index in [4.69, 9.17) is 11.6 Å². The molecule has 4 heteroatoms. The van der Waals surface area contributed by atoms with E-state index in [1.807, 2.05) is 41.3 Å². The zero-order chi connectivity index (χ0) is 9.97. The number of rotatable bonds is 2. The number of imidazole rings is 1. The van der Waals surface area contributed by atoms with Gasteiger partial charge in [0.1, 0.15) is 0 Å². The van der Waals surface area contributed by atoms with E-state index < -0.39 is 0 Å². The molecular formula is C10H9ClN2S. The summed E-state index contributed by atoms with van der Waals surface area (Å²) in [5.41, 5.74) is 0.969. The zero-order valence-corrected chi connectivity index (χ0v) is 9.22. The molecule has 1 aromatic carbocycles. The molecule has 0 fully saturated rings. The summed E-state index contributed by atoms with van der Waals surface area (Å²) >= 11 is 7.69. The van der Waals surface area contributed by atoms with Crippen LogP contribution in [-0.2, 0) is 0 Å². The van der Waals surface area contributed by atoms with Crippen LogP contribution in [0.4, 0.5) is 0 Å². The number of benzene rings is 1. The van der Waals surface area contributed by atoms with Gasteiger partial charge in [-0.3, -0.25) is 4.57 Å². The molecule has 0 spiro atoms. The number of nitrogens with zero attached hydrogens (tertiary/aromatic N) is 2. The second kappa shape index (κ2) is 4.07. The Bertz CT molecular complexity index is 439. The minimum Gasteiger partial charge on any atom is -0.293 e. The molecule has 0 aliphatic carbocycles. The van der Waals surface area contributed by atoms with Crippen molar-refractivity contribution < 1.29 is 0 Å². The van der Waals surface area contributed by atoms with Gasteiger partial charge in [0.05, 0.1) is 10.7 Å². The minimum atomic E-state index is 0.737. The quantitative estimate of drug-likeness (QED) is 0.729. The summed E-state index contributed by atoms with van der Waals surface area (Å²) in [4.78, 5) is 4.22. The highest BCUT2D eigenvalue weighted by molar-refractivity contribution is 7.98. The Labute approximate surface area is 91.9 Å². The first-order chi connectivity index (χ1) is 6.83.